The van der Waals surface area contributed by atoms with Crippen LogP contribution in [-0.4, -0.2) is 9.55 Å². The molecule has 0 saturated carbocycles. The Morgan fingerprint density at radius 1 is 0.409 bits per heavy atom. The van der Waals surface area contributed by atoms with Gasteiger partial charge in [-0.3, -0.25) is 0 Å². The third-order valence-electron chi connectivity index (χ3n) is 9.69. The second-order valence-electron chi connectivity index (χ2n) is 12.0. The first-order valence-electron chi connectivity index (χ1n) is 15.2. The third kappa shape index (κ3) is 3.17. The van der Waals surface area contributed by atoms with Crippen molar-refractivity contribution in [2.45, 2.75) is 0 Å². The molecule has 0 radical (unpaired) electrons. The molecule has 0 amide bonds. The fourth-order valence-corrected chi connectivity index (χ4v) is 7.67. The minimum Gasteiger partial charge on any atom is -0.327 e. The van der Waals surface area contributed by atoms with Gasteiger partial charge in [0.25, 0.3) is 0 Å². The van der Waals surface area contributed by atoms with Crippen molar-refractivity contribution >= 4 is 75.7 Å². The smallest absolute Gasteiger partial charge is 0.140 e. The molecule has 10 rings (SSSR count). The average molecular weight is 559 g/mol. The zero-order valence-corrected chi connectivity index (χ0v) is 24.2. The Labute approximate surface area is 253 Å². The van der Waals surface area contributed by atoms with E-state index in [4.69, 9.17) is 4.98 Å². The summed E-state index contributed by atoms with van der Waals surface area (Å²) in [5.74, 6) is 0.983. The van der Waals surface area contributed by atoms with Crippen molar-refractivity contribution in [1.82, 2.24) is 9.55 Å². The van der Waals surface area contributed by atoms with E-state index >= 15 is 0 Å². The number of imidazole rings is 1. The maximum absolute atomic E-state index is 4.93. The lowest BCUT2D eigenvalue weighted by Gasteiger charge is -2.17. The minimum atomic E-state index is 0.983. The van der Waals surface area contributed by atoms with E-state index in [2.05, 4.69) is 145 Å². The van der Waals surface area contributed by atoms with Crippen LogP contribution in [0.25, 0.3) is 98.2 Å². The predicted molar refractivity (Wildman–Crippen MR) is 188 cm³/mol. The standard InChI is InChI=1S/C42H26N2/c1-44-37-14-3-2-13-36(37)43-42(44)29-20-15-25(16-21-29)31-23-30-22-19-28-8-5-11-33-32-10-4-7-26-17-18-27-9-6-12-34(40(27)38(26)32)35(24-31)41(30)39(28)33/h2-24H,1H3. The predicted octanol–water partition coefficient (Wildman–Crippen LogP) is 11.3. The molecule has 0 unspecified atom stereocenters. The van der Waals surface area contributed by atoms with Gasteiger partial charge in [0, 0.05) is 12.6 Å². The number of para-hydroxylation sites is 2. The summed E-state index contributed by atoms with van der Waals surface area (Å²) in [6, 6.07) is 51.5. The molecule has 0 aliphatic heterocycles. The molecule has 9 aromatic carbocycles. The largest absolute Gasteiger partial charge is 0.327 e. The molecule has 0 saturated heterocycles. The highest BCUT2D eigenvalue weighted by Gasteiger charge is 2.16. The van der Waals surface area contributed by atoms with E-state index in [1.165, 1.54) is 75.8 Å². The maximum Gasteiger partial charge on any atom is 0.140 e. The minimum absolute atomic E-state index is 0.983. The van der Waals surface area contributed by atoms with Gasteiger partial charge in [0.1, 0.15) is 5.82 Å². The van der Waals surface area contributed by atoms with E-state index in [-0.39, 0.29) is 0 Å². The van der Waals surface area contributed by atoms with Crippen LogP contribution in [0, 0.1) is 0 Å². The molecule has 0 aliphatic rings. The first-order valence-corrected chi connectivity index (χ1v) is 15.2. The van der Waals surface area contributed by atoms with Crippen molar-refractivity contribution < 1.29 is 0 Å². The van der Waals surface area contributed by atoms with Crippen LogP contribution in [0.2, 0.25) is 0 Å². The van der Waals surface area contributed by atoms with Gasteiger partial charge in [-0.2, -0.15) is 0 Å². The molecule has 44 heavy (non-hydrogen) atoms. The molecule has 0 aliphatic carbocycles. The molecule has 2 heteroatoms. The molecule has 1 heterocycles. The quantitative estimate of drug-likeness (QED) is 0.193. The first-order chi connectivity index (χ1) is 21.7. The Morgan fingerprint density at radius 3 is 1.55 bits per heavy atom. The lowest BCUT2D eigenvalue weighted by Crippen LogP contribution is -1.92. The number of fused-ring (bicyclic) bond motifs is 3. The fourth-order valence-electron chi connectivity index (χ4n) is 7.67. The van der Waals surface area contributed by atoms with E-state index in [0.29, 0.717) is 0 Å². The van der Waals surface area contributed by atoms with E-state index in [1.54, 1.807) is 0 Å². The van der Waals surface area contributed by atoms with E-state index in [1.807, 2.05) is 6.07 Å². The van der Waals surface area contributed by atoms with Crippen molar-refractivity contribution in [3.63, 3.8) is 0 Å². The van der Waals surface area contributed by atoms with Crippen molar-refractivity contribution in [2.75, 3.05) is 0 Å². The van der Waals surface area contributed by atoms with Crippen LogP contribution in [0.5, 0.6) is 0 Å². The third-order valence-corrected chi connectivity index (χ3v) is 9.69. The summed E-state index contributed by atoms with van der Waals surface area (Å²) in [6.45, 7) is 0. The monoisotopic (exact) mass is 558 g/mol. The highest BCUT2D eigenvalue weighted by Crippen LogP contribution is 2.44. The summed E-state index contributed by atoms with van der Waals surface area (Å²) in [5.41, 5.74) is 5.70. The molecule has 1 aromatic heterocycles. The molecular formula is C42H26N2. The Bertz CT molecular complexity index is 2760. The fraction of sp³-hybridized carbons (Fsp3) is 0.0238. The molecule has 204 valence electrons. The zero-order chi connectivity index (χ0) is 28.9. The van der Waals surface area contributed by atoms with Gasteiger partial charge in [-0.05, 0) is 100 Å². The van der Waals surface area contributed by atoms with Crippen LogP contribution in [0.1, 0.15) is 0 Å². The normalized spacial score (nSPS) is 12.2. The maximum atomic E-state index is 4.93. The Kier molecular flexibility index (Phi) is 4.68. The SMILES string of the molecule is Cn1c(-c2ccc(-c3cc4ccc5cccc6c7cccc8ccc9cccc(c(c3)c4c56)c9c87)cc2)nc2ccccc21. The highest BCUT2D eigenvalue weighted by molar-refractivity contribution is 6.37. The van der Waals surface area contributed by atoms with E-state index in [0.717, 1.165) is 22.4 Å². The van der Waals surface area contributed by atoms with Gasteiger partial charge in [0.05, 0.1) is 11.0 Å². The van der Waals surface area contributed by atoms with Crippen LogP contribution in [-0.2, 0) is 7.05 Å². The van der Waals surface area contributed by atoms with Crippen LogP contribution in [0.15, 0.2) is 140 Å². The van der Waals surface area contributed by atoms with Crippen molar-refractivity contribution in [3.8, 4) is 22.5 Å². The van der Waals surface area contributed by atoms with Crippen molar-refractivity contribution in [3.05, 3.63) is 140 Å². The molecule has 10 aromatic rings. The van der Waals surface area contributed by atoms with Crippen LogP contribution < -0.4 is 0 Å². The van der Waals surface area contributed by atoms with Gasteiger partial charge < -0.3 is 4.57 Å². The van der Waals surface area contributed by atoms with Crippen LogP contribution in [0.3, 0.4) is 0 Å². The Balaban J connectivity index is 1.30. The molecule has 2 nitrogen and oxygen atoms in total. The van der Waals surface area contributed by atoms with Gasteiger partial charge in [0.2, 0.25) is 0 Å². The molecule has 0 atom stereocenters. The van der Waals surface area contributed by atoms with Crippen LogP contribution in [0.4, 0.5) is 0 Å². The second kappa shape index (κ2) is 8.65. The lowest BCUT2D eigenvalue weighted by atomic mass is 9.86. The number of hydrogen-bond acceptors (Lipinski definition) is 1. The van der Waals surface area contributed by atoms with E-state index in [9.17, 15) is 0 Å². The average Bonchev–Trinajstić information content (AvgIpc) is 3.42. The summed E-state index contributed by atoms with van der Waals surface area (Å²) in [4.78, 5) is 4.93. The molecule has 0 bridgehead atoms. The van der Waals surface area contributed by atoms with Gasteiger partial charge >= 0.3 is 0 Å². The lowest BCUT2D eigenvalue weighted by molar-refractivity contribution is 0.959. The van der Waals surface area contributed by atoms with Gasteiger partial charge in [-0.25, -0.2) is 4.98 Å². The highest BCUT2D eigenvalue weighted by atomic mass is 15.1. The van der Waals surface area contributed by atoms with Crippen molar-refractivity contribution in [1.29, 1.82) is 0 Å². The summed E-state index contributed by atoms with van der Waals surface area (Å²) in [5, 5.41) is 15.7. The summed E-state index contributed by atoms with van der Waals surface area (Å²) in [7, 11) is 2.09. The topological polar surface area (TPSA) is 17.8 Å². The van der Waals surface area contributed by atoms with Gasteiger partial charge in [0.15, 0.2) is 0 Å². The number of nitrogens with zero attached hydrogens (tertiary/aromatic N) is 2. The summed E-state index contributed by atoms with van der Waals surface area (Å²) in [6.07, 6.45) is 0. The number of aryl methyl sites for hydroxylation is 1. The summed E-state index contributed by atoms with van der Waals surface area (Å²) < 4.78 is 2.18. The van der Waals surface area contributed by atoms with Gasteiger partial charge in [-0.1, -0.05) is 115 Å². The number of benzene rings is 8. The molecule has 0 N–H and O–H groups in total. The van der Waals surface area contributed by atoms with Crippen LogP contribution >= 0.6 is 0 Å². The molecule has 0 spiro atoms. The number of rotatable bonds is 2. The number of aromatic nitrogens is 2. The molecular weight excluding hydrogens is 532 g/mol. The Hall–Kier alpha value is -5.73. The Morgan fingerprint density at radius 2 is 0.932 bits per heavy atom. The molecule has 0 fully saturated rings. The van der Waals surface area contributed by atoms with Crippen molar-refractivity contribution in [2.24, 2.45) is 7.05 Å². The number of hydrogen-bond donors (Lipinski definition) is 0. The van der Waals surface area contributed by atoms with E-state index < -0.39 is 0 Å². The zero-order valence-electron chi connectivity index (χ0n) is 24.2. The van der Waals surface area contributed by atoms with Gasteiger partial charge in [-0.15, -0.1) is 0 Å². The summed E-state index contributed by atoms with van der Waals surface area (Å²) >= 11 is 0. The second-order valence-corrected chi connectivity index (χ2v) is 12.0. The first kappa shape index (κ1) is 23.8.